The van der Waals surface area contributed by atoms with Crippen LogP contribution in [0.25, 0.3) is 16.6 Å². The van der Waals surface area contributed by atoms with Gasteiger partial charge >= 0.3 is 6.18 Å². The van der Waals surface area contributed by atoms with E-state index in [1.807, 2.05) is 17.7 Å². The smallest absolute Gasteiger partial charge is 0.398 e. The number of benzene rings is 1. The van der Waals surface area contributed by atoms with Crippen molar-refractivity contribution in [2.45, 2.75) is 71.5 Å². The molecule has 0 spiro atoms. The first-order chi connectivity index (χ1) is 15.5. The van der Waals surface area contributed by atoms with Crippen LogP contribution in [-0.4, -0.2) is 14.8 Å². The summed E-state index contributed by atoms with van der Waals surface area (Å²) in [6.07, 6.45) is 6.26. The van der Waals surface area contributed by atoms with E-state index in [0.717, 1.165) is 17.3 Å². The number of hydrogen-bond donors (Lipinski definition) is 2. The summed E-state index contributed by atoms with van der Waals surface area (Å²) in [5.41, 5.74) is 12.9. The molecule has 1 saturated carbocycles. The Bertz CT molecular complexity index is 1040. The van der Waals surface area contributed by atoms with Gasteiger partial charge in [0.1, 0.15) is 5.69 Å². The molecule has 180 valence electrons. The fraction of sp³-hybridized carbons (Fsp3) is 0.440. The van der Waals surface area contributed by atoms with E-state index in [0.29, 0.717) is 17.1 Å². The van der Waals surface area contributed by atoms with Crippen molar-refractivity contribution in [3.05, 3.63) is 60.1 Å². The summed E-state index contributed by atoms with van der Waals surface area (Å²) >= 11 is 0. The Morgan fingerprint density at radius 1 is 1.03 bits per heavy atom. The fourth-order valence-corrected chi connectivity index (χ4v) is 3.55. The third-order valence-electron chi connectivity index (χ3n) is 5.28. The molecule has 2 heterocycles. The topological polar surface area (TPSA) is 82.8 Å². The van der Waals surface area contributed by atoms with E-state index in [9.17, 15) is 13.2 Å². The third kappa shape index (κ3) is 7.80. The van der Waals surface area contributed by atoms with E-state index in [4.69, 9.17) is 11.5 Å². The third-order valence-corrected chi connectivity index (χ3v) is 5.28. The highest BCUT2D eigenvalue weighted by molar-refractivity contribution is 5.90. The van der Waals surface area contributed by atoms with Crippen LogP contribution in [0.4, 0.5) is 18.9 Å². The van der Waals surface area contributed by atoms with Gasteiger partial charge < -0.3 is 11.5 Å². The van der Waals surface area contributed by atoms with Gasteiger partial charge in [-0.3, -0.25) is 4.68 Å². The molecular formula is C25H34F3N5. The highest BCUT2D eigenvalue weighted by atomic mass is 19.4. The summed E-state index contributed by atoms with van der Waals surface area (Å²) in [5, 5.41) is 4.66. The number of aromatic nitrogens is 3. The predicted molar refractivity (Wildman–Crippen MR) is 129 cm³/mol. The molecule has 0 unspecified atom stereocenters. The van der Waals surface area contributed by atoms with Gasteiger partial charge in [0, 0.05) is 29.0 Å². The number of aryl methyl sites for hydroxylation is 1. The summed E-state index contributed by atoms with van der Waals surface area (Å²) < 4.78 is 39.2. The lowest BCUT2D eigenvalue weighted by Gasteiger charge is -2.09. The summed E-state index contributed by atoms with van der Waals surface area (Å²) in [4.78, 5) is 3.54. The van der Waals surface area contributed by atoms with Crippen molar-refractivity contribution in [3.63, 3.8) is 0 Å². The van der Waals surface area contributed by atoms with E-state index in [2.05, 4.69) is 30.5 Å². The number of anilines is 1. The van der Waals surface area contributed by atoms with E-state index >= 15 is 0 Å². The van der Waals surface area contributed by atoms with Gasteiger partial charge in [-0.15, -0.1) is 0 Å². The highest BCUT2D eigenvalue weighted by Crippen LogP contribution is 2.32. The van der Waals surface area contributed by atoms with E-state index in [1.165, 1.54) is 44.6 Å². The zero-order valence-electron chi connectivity index (χ0n) is 19.6. The van der Waals surface area contributed by atoms with Gasteiger partial charge in [-0.2, -0.15) is 18.3 Å². The molecule has 4 N–H and O–H groups in total. The van der Waals surface area contributed by atoms with Crippen molar-refractivity contribution in [2.24, 2.45) is 5.73 Å². The molecule has 8 heteroatoms. The lowest BCUT2D eigenvalue weighted by Crippen LogP contribution is -2.09. The average molecular weight is 462 g/mol. The Balaban J connectivity index is 0.000000195. The van der Waals surface area contributed by atoms with Gasteiger partial charge in [-0.05, 0) is 45.0 Å². The Morgan fingerprint density at radius 3 is 2.06 bits per heavy atom. The standard InChI is InChI=1S/C11H9F3N2.C8H13N3.C6H12/c1-6-2-3-9-7(4-6)8(15)5-10(16-9)11(12,13)14;1-6(2)11-8(7(3)9)4-5-10-11;1-2-4-6-5-3-1/h2-5H,1H3,(H2,15,16);4-6H,3,9H2,1-2H3;1-6H2. The molecule has 1 aliphatic carbocycles. The van der Waals surface area contributed by atoms with Gasteiger partial charge in [-0.1, -0.05) is 56.7 Å². The minimum atomic E-state index is -4.47. The Kier molecular flexibility index (Phi) is 9.32. The number of halogens is 3. The highest BCUT2D eigenvalue weighted by Gasteiger charge is 2.33. The van der Waals surface area contributed by atoms with Crippen molar-refractivity contribution in [1.29, 1.82) is 0 Å². The minimum absolute atomic E-state index is 0.0982. The van der Waals surface area contributed by atoms with Crippen molar-refractivity contribution in [1.82, 2.24) is 14.8 Å². The second-order valence-electron chi connectivity index (χ2n) is 8.52. The molecule has 1 aliphatic rings. The zero-order chi connectivity index (χ0) is 24.6. The van der Waals surface area contributed by atoms with Crippen LogP contribution in [0.15, 0.2) is 43.1 Å². The summed E-state index contributed by atoms with van der Waals surface area (Å²) in [6, 6.07) is 8.02. The maximum atomic E-state index is 12.5. The zero-order valence-corrected chi connectivity index (χ0v) is 19.6. The fourth-order valence-electron chi connectivity index (χ4n) is 3.55. The number of fused-ring (bicyclic) bond motifs is 1. The number of nitrogen functional groups attached to an aromatic ring is 1. The number of nitrogens with two attached hydrogens (primary N) is 2. The molecule has 4 rings (SSSR count). The predicted octanol–water partition coefficient (Wildman–Crippen LogP) is 6.88. The normalized spacial score (nSPS) is 13.7. The minimum Gasteiger partial charge on any atom is -0.398 e. The molecule has 1 aromatic carbocycles. The number of hydrogen-bond acceptors (Lipinski definition) is 4. The molecule has 0 aliphatic heterocycles. The molecule has 0 radical (unpaired) electrons. The molecule has 0 amide bonds. The van der Waals surface area contributed by atoms with Crippen LogP contribution >= 0.6 is 0 Å². The van der Waals surface area contributed by atoms with Crippen LogP contribution < -0.4 is 11.5 Å². The van der Waals surface area contributed by atoms with E-state index < -0.39 is 11.9 Å². The van der Waals surface area contributed by atoms with Crippen molar-refractivity contribution in [2.75, 3.05) is 5.73 Å². The average Bonchev–Trinajstić information content (AvgIpc) is 3.26. The van der Waals surface area contributed by atoms with Crippen LogP contribution in [0.5, 0.6) is 0 Å². The number of rotatable bonds is 2. The Hall–Kier alpha value is -3.03. The van der Waals surface area contributed by atoms with Crippen LogP contribution in [-0.2, 0) is 6.18 Å². The van der Waals surface area contributed by atoms with Crippen molar-refractivity contribution < 1.29 is 13.2 Å². The molecule has 33 heavy (non-hydrogen) atoms. The molecule has 0 atom stereocenters. The van der Waals surface area contributed by atoms with Gasteiger partial charge in [0.2, 0.25) is 0 Å². The van der Waals surface area contributed by atoms with Crippen molar-refractivity contribution in [3.8, 4) is 0 Å². The van der Waals surface area contributed by atoms with Crippen LogP contribution in [0.1, 0.15) is 75.4 Å². The maximum absolute atomic E-state index is 12.5. The number of alkyl halides is 3. The lowest BCUT2D eigenvalue weighted by atomic mass is 10.0. The summed E-state index contributed by atoms with van der Waals surface area (Å²) in [6.45, 7) is 9.61. The quantitative estimate of drug-likeness (QED) is 0.436. The first-order valence-corrected chi connectivity index (χ1v) is 11.2. The summed E-state index contributed by atoms with van der Waals surface area (Å²) in [5.74, 6) is 0. The van der Waals surface area contributed by atoms with Crippen LogP contribution in [0.3, 0.4) is 0 Å². The maximum Gasteiger partial charge on any atom is 0.433 e. The van der Waals surface area contributed by atoms with Crippen LogP contribution in [0.2, 0.25) is 0 Å². The number of nitrogens with zero attached hydrogens (tertiary/aromatic N) is 3. The molecule has 1 fully saturated rings. The largest absolute Gasteiger partial charge is 0.433 e. The molecule has 0 bridgehead atoms. The van der Waals surface area contributed by atoms with Gasteiger partial charge in [0.25, 0.3) is 0 Å². The molecule has 3 aromatic rings. The van der Waals surface area contributed by atoms with E-state index in [1.54, 1.807) is 18.3 Å². The molecule has 5 nitrogen and oxygen atoms in total. The van der Waals surface area contributed by atoms with E-state index in [-0.39, 0.29) is 11.2 Å². The number of pyridine rings is 1. The van der Waals surface area contributed by atoms with Crippen molar-refractivity contribution >= 4 is 22.3 Å². The first-order valence-electron chi connectivity index (χ1n) is 11.2. The second-order valence-corrected chi connectivity index (χ2v) is 8.52. The van der Waals surface area contributed by atoms with Crippen LogP contribution in [0, 0.1) is 6.92 Å². The van der Waals surface area contributed by atoms with Gasteiger partial charge in [-0.25, -0.2) is 4.98 Å². The SMILES string of the molecule is C1CCCCC1.C=C(N)c1ccnn1C(C)C.Cc1ccc2nc(C(F)(F)F)cc(N)c2c1. The van der Waals surface area contributed by atoms with Gasteiger partial charge in [0.15, 0.2) is 0 Å². The Morgan fingerprint density at radius 2 is 1.61 bits per heavy atom. The van der Waals surface area contributed by atoms with Gasteiger partial charge in [0.05, 0.1) is 11.2 Å². The second kappa shape index (κ2) is 11.7. The molecule has 0 saturated heterocycles. The first kappa shape index (κ1) is 26.2. The Labute approximate surface area is 193 Å². The molecule has 2 aromatic heterocycles. The monoisotopic (exact) mass is 461 g/mol. The lowest BCUT2D eigenvalue weighted by molar-refractivity contribution is -0.140. The summed E-state index contributed by atoms with van der Waals surface area (Å²) in [7, 11) is 0. The molecular weight excluding hydrogens is 427 g/mol.